The fourth-order valence-corrected chi connectivity index (χ4v) is 2.68. The summed E-state index contributed by atoms with van der Waals surface area (Å²) in [6.45, 7) is 2.75. The Labute approximate surface area is 158 Å². The minimum Gasteiger partial charge on any atom is -0.383 e. The van der Waals surface area contributed by atoms with Crippen molar-refractivity contribution in [2.45, 2.75) is 13.3 Å². The number of rotatable bonds is 6. The second-order valence-corrected chi connectivity index (χ2v) is 6.50. The molecule has 0 unspecified atom stereocenters. The van der Waals surface area contributed by atoms with Crippen LogP contribution in [0.2, 0.25) is 5.02 Å². The first kappa shape index (κ1) is 18.0. The fraction of sp³-hybridized carbons (Fsp3) is 0.143. The van der Waals surface area contributed by atoms with Gasteiger partial charge in [0.25, 0.3) is 5.91 Å². The van der Waals surface area contributed by atoms with E-state index < -0.39 is 0 Å². The summed E-state index contributed by atoms with van der Waals surface area (Å²) in [6, 6.07) is 19.0. The van der Waals surface area contributed by atoms with Crippen LogP contribution in [0.3, 0.4) is 0 Å². The molecule has 0 atom stereocenters. The Hall–Kier alpha value is -2.85. The lowest BCUT2D eigenvalue weighted by atomic mass is 10.1. The minimum absolute atomic E-state index is 0.162. The summed E-state index contributed by atoms with van der Waals surface area (Å²) in [6.07, 6.45) is 2.61. The number of hydrogen-bond acceptors (Lipinski definition) is 3. The van der Waals surface area contributed by atoms with Gasteiger partial charge in [0.15, 0.2) is 0 Å². The third-order valence-corrected chi connectivity index (χ3v) is 4.19. The molecule has 1 heterocycles. The molecule has 2 aromatic carbocycles. The predicted molar refractivity (Wildman–Crippen MR) is 107 cm³/mol. The molecule has 4 nitrogen and oxygen atoms in total. The molecule has 0 fully saturated rings. The maximum absolute atomic E-state index is 12.2. The number of halogens is 1. The summed E-state index contributed by atoms with van der Waals surface area (Å²) in [5, 5.41) is 6.87. The molecule has 3 aromatic rings. The van der Waals surface area contributed by atoms with Crippen LogP contribution in [0.4, 0.5) is 11.5 Å². The van der Waals surface area contributed by atoms with E-state index in [1.807, 2.05) is 55.5 Å². The molecule has 3 rings (SSSR count). The number of aromatic nitrogens is 1. The number of amides is 1. The number of benzene rings is 2. The summed E-state index contributed by atoms with van der Waals surface area (Å²) in [5.74, 6) is 0.365. The van der Waals surface area contributed by atoms with Crippen LogP contribution in [-0.4, -0.2) is 17.4 Å². The highest BCUT2D eigenvalue weighted by Crippen LogP contribution is 2.13. The Morgan fingerprint density at radius 2 is 1.88 bits per heavy atom. The summed E-state index contributed by atoms with van der Waals surface area (Å²) in [4.78, 5) is 16.5. The normalized spacial score (nSPS) is 10.4. The van der Waals surface area contributed by atoms with E-state index in [0.717, 1.165) is 29.2 Å². The van der Waals surface area contributed by atoms with Gasteiger partial charge < -0.3 is 10.6 Å². The highest BCUT2D eigenvalue weighted by molar-refractivity contribution is 6.30. The van der Waals surface area contributed by atoms with Crippen molar-refractivity contribution in [1.29, 1.82) is 0 Å². The average Bonchev–Trinajstić information content (AvgIpc) is 2.65. The fourth-order valence-electron chi connectivity index (χ4n) is 2.55. The number of nitrogens with one attached hydrogen (secondary N) is 2. The van der Waals surface area contributed by atoms with E-state index in [2.05, 4.69) is 15.6 Å². The molecule has 2 N–H and O–H groups in total. The van der Waals surface area contributed by atoms with Gasteiger partial charge in [0, 0.05) is 17.1 Å². The highest BCUT2D eigenvalue weighted by atomic mass is 35.5. The van der Waals surface area contributed by atoms with E-state index >= 15 is 0 Å². The highest BCUT2D eigenvalue weighted by Gasteiger charge is 2.06. The largest absolute Gasteiger partial charge is 0.383 e. The maximum atomic E-state index is 12.2. The van der Waals surface area contributed by atoms with Gasteiger partial charge in [-0.1, -0.05) is 41.4 Å². The Morgan fingerprint density at radius 3 is 2.58 bits per heavy atom. The van der Waals surface area contributed by atoms with Crippen LogP contribution < -0.4 is 10.6 Å². The Morgan fingerprint density at radius 1 is 1.08 bits per heavy atom. The van der Waals surface area contributed by atoms with Crippen molar-refractivity contribution in [1.82, 2.24) is 4.98 Å². The summed E-state index contributed by atoms with van der Waals surface area (Å²) >= 11 is 5.89. The van der Waals surface area contributed by atoms with E-state index in [1.165, 1.54) is 5.56 Å². The van der Waals surface area contributed by atoms with Crippen LogP contribution in [0.5, 0.6) is 0 Å². The van der Waals surface area contributed by atoms with E-state index in [0.29, 0.717) is 11.4 Å². The Balaban J connectivity index is 1.51. The average molecular weight is 366 g/mol. The molecule has 1 aromatic heterocycles. The number of pyridine rings is 1. The van der Waals surface area contributed by atoms with Gasteiger partial charge >= 0.3 is 0 Å². The van der Waals surface area contributed by atoms with Crippen LogP contribution >= 0.6 is 11.6 Å². The zero-order chi connectivity index (χ0) is 18.4. The third kappa shape index (κ3) is 5.07. The number of anilines is 2. The molecular formula is C21H20ClN3O. The molecule has 1 amide bonds. The lowest BCUT2D eigenvalue weighted by Crippen LogP contribution is -2.13. The summed E-state index contributed by atoms with van der Waals surface area (Å²) in [7, 11) is 0. The van der Waals surface area contributed by atoms with Crippen molar-refractivity contribution in [3.8, 4) is 0 Å². The number of nitrogens with zero attached hydrogens (tertiary/aromatic N) is 1. The van der Waals surface area contributed by atoms with E-state index in [4.69, 9.17) is 11.6 Å². The van der Waals surface area contributed by atoms with Crippen LogP contribution in [0.25, 0.3) is 0 Å². The predicted octanol–water partition coefficient (Wildman–Crippen LogP) is 4.95. The Bertz CT molecular complexity index is 877. The molecule has 132 valence electrons. The van der Waals surface area contributed by atoms with Gasteiger partial charge in [0.2, 0.25) is 0 Å². The van der Waals surface area contributed by atoms with Crippen LogP contribution in [0, 0.1) is 6.92 Å². The van der Waals surface area contributed by atoms with Gasteiger partial charge in [0.1, 0.15) is 5.82 Å². The monoisotopic (exact) mass is 365 g/mol. The van der Waals surface area contributed by atoms with Crippen molar-refractivity contribution in [3.05, 3.63) is 88.6 Å². The first-order valence-electron chi connectivity index (χ1n) is 8.42. The van der Waals surface area contributed by atoms with Crippen molar-refractivity contribution in [2.75, 3.05) is 17.2 Å². The molecule has 0 aliphatic carbocycles. The standard InChI is InChI=1S/C21H20ClN3O/c1-15-3-2-4-17(13-15)21(26)25-20-10-9-19(14-24-20)23-12-11-16-5-7-18(22)8-6-16/h2-10,13-14,23H,11-12H2,1H3,(H,24,25,26). The molecule has 5 heteroatoms. The molecule has 26 heavy (non-hydrogen) atoms. The molecule has 0 aliphatic heterocycles. The van der Waals surface area contributed by atoms with Crippen molar-refractivity contribution in [2.24, 2.45) is 0 Å². The van der Waals surface area contributed by atoms with Gasteiger partial charge in [0.05, 0.1) is 11.9 Å². The lowest BCUT2D eigenvalue weighted by Gasteiger charge is -2.08. The van der Waals surface area contributed by atoms with E-state index in [1.54, 1.807) is 18.3 Å². The zero-order valence-corrected chi connectivity index (χ0v) is 15.3. The quantitative estimate of drug-likeness (QED) is 0.649. The minimum atomic E-state index is -0.162. The second-order valence-electron chi connectivity index (χ2n) is 6.06. The molecular weight excluding hydrogens is 346 g/mol. The molecule has 0 saturated heterocycles. The maximum Gasteiger partial charge on any atom is 0.256 e. The van der Waals surface area contributed by atoms with Crippen LogP contribution in [0.15, 0.2) is 66.9 Å². The van der Waals surface area contributed by atoms with Crippen molar-refractivity contribution >= 4 is 29.0 Å². The van der Waals surface area contributed by atoms with Gasteiger partial charge in [-0.15, -0.1) is 0 Å². The first-order chi connectivity index (χ1) is 12.6. The smallest absolute Gasteiger partial charge is 0.256 e. The van der Waals surface area contributed by atoms with Crippen molar-refractivity contribution in [3.63, 3.8) is 0 Å². The number of hydrogen-bond donors (Lipinski definition) is 2. The number of carbonyl (C=O) groups excluding carboxylic acids is 1. The van der Waals surface area contributed by atoms with Gasteiger partial charge in [-0.05, 0) is 55.3 Å². The molecule has 0 aliphatic rings. The van der Waals surface area contributed by atoms with Crippen LogP contribution in [-0.2, 0) is 6.42 Å². The second kappa shape index (κ2) is 8.50. The van der Waals surface area contributed by atoms with Crippen molar-refractivity contribution < 1.29 is 4.79 Å². The number of carbonyl (C=O) groups is 1. The third-order valence-electron chi connectivity index (χ3n) is 3.94. The van der Waals surface area contributed by atoms with Crippen LogP contribution in [0.1, 0.15) is 21.5 Å². The molecule has 0 spiro atoms. The SMILES string of the molecule is Cc1cccc(C(=O)Nc2ccc(NCCc3ccc(Cl)cc3)cn2)c1. The summed E-state index contributed by atoms with van der Waals surface area (Å²) < 4.78 is 0. The van der Waals surface area contributed by atoms with Gasteiger partial charge in [-0.2, -0.15) is 0 Å². The topological polar surface area (TPSA) is 54.0 Å². The van der Waals surface area contributed by atoms with E-state index in [9.17, 15) is 4.79 Å². The molecule has 0 radical (unpaired) electrons. The Kier molecular flexibility index (Phi) is 5.87. The lowest BCUT2D eigenvalue weighted by molar-refractivity contribution is 0.102. The zero-order valence-electron chi connectivity index (χ0n) is 14.5. The summed E-state index contributed by atoms with van der Waals surface area (Å²) in [5.41, 5.74) is 3.80. The van der Waals surface area contributed by atoms with Gasteiger partial charge in [-0.3, -0.25) is 4.79 Å². The van der Waals surface area contributed by atoms with Gasteiger partial charge in [-0.25, -0.2) is 4.98 Å². The first-order valence-corrected chi connectivity index (χ1v) is 8.80. The number of aryl methyl sites for hydroxylation is 1. The molecule has 0 saturated carbocycles. The molecule has 0 bridgehead atoms. The van der Waals surface area contributed by atoms with E-state index in [-0.39, 0.29) is 5.91 Å².